The molecule has 1 aromatic carbocycles. The maximum Gasteiger partial charge on any atom is 0.319 e. The van der Waals surface area contributed by atoms with Gasteiger partial charge in [0.25, 0.3) is 0 Å². The third-order valence-electron chi connectivity index (χ3n) is 4.58. The number of thioether (sulfide) groups is 1. The molecule has 3 heterocycles. The minimum Gasteiger partial charge on any atom is -0.332 e. The van der Waals surface area contributed by atoms with Crippen molar-refractivity contribution in [3.63, 3.8) is 0 Å². The molecule has 1 unspecified atom stereocenters. The number of benzene rings is 1. The van der Waals surface area contributed by atoms with Gasteiger partial charge >= 0.3 is 6.03 Å². The third kappa shape index (κ3) is 5.88. The van der Waals surface area contributed by atoms with E-state index in [2.05, 4.69) is 63.3 Å². The van der Waals surface area contributed by atoms with Gasteiger partial charge in [-0.2, -0.15) is 0 Å². The van der Waals surface area contributed by atoms with Crippen LogP contribution >= 0.6 is 11.8 Å². The van der Waals surface area contributed by atoms with E-state index in [0.717, 1.165) is 10.9 Å². The molecule has 1 atom stereocenters. The Balaban J connectivity index is 0.000000807. The number of carbonyl (C=O) groups excluding carboxylic acids is 1. The van der Waals surface area contributed by atoms with Crippen LogP contribution in [-0.4, -0.2) is 25.3 Å². The number of urea groups is 1. The number of pyridine rings is 1. The molecular weight excluding hydrogens is 406 g/mol. The topological polar surface area (TPSA) is 71.8 Å². The van der Waals surface area contributed by atoms with Crippen LogP contribution in [0.1, 0.15) is 58.8 Å². The summed E-state index contributed by atoms with van der Waals surface area (Å²) < 4.78 is 2.22. The molecule has 0 aliphatic carbocycles. The van der Waals surface area contributed by atoms with Gasteiger partial charge in [0.05, 0.1) is 36.4 Å². The number of rotatable bonds is 4. The Kier molecular flexibility index (Phi) is 9.12. The first-order valence-electron chi connectivity index (χ1n) is 10.8. The Hall–Kier alpha value is -2.80. The number of nitrogens with zero attached hydrogens (tertiary/aromatic N) is 3. The van der Waals surface area contributed by atoms with Gasteiger partial charge < -0.3 is 15.2 Å². The summed E-state index contributed by atoms with van der Waals surface area (Å²) in [6.07, 6.45) is 5.13. The molecule has 0 fully saturated rings. The molecule has 0 bridgehead atoms. The molecule has 31 heavy (non-hydrogen) atoms. The summed E-state index contributed by atoms with van der Waals surface area (Å²) >= 11 is 1.77. The van der Waals surface area contributed by atoms with E-state index in [0.29, 0.717) is 12.2 Å². The zero-order valence-corrected chi connectivity index (χ0v) is 20.0. The van der Waals surface area contributed by atoms with Crippen molar-refractivity contribution in [1.29, 1.82) is 0 Å². The van der Waals surface area contributed by atoms with Gasteiger partial charge in [0, 0.05) is 10.9 Å². The lowest BCUT2D eigenvalue weighted by molar-refractivity contribution is 0.251. The molecule has 2 N–H and O–H groups in total. The lowest BCUT2D eigenvalue weighted by atomic mass is 9.95. The van der Waals surface area contributed by atoms with Crippen molar-refractivity contribution in [3.8, 4) is 0 Å². The maximum atomic E-state index is 12.2. The van der Waals surface area contributed by atoms with Gasteiger partial charge in [0.1, 0.15) is 0 Å². The number of carbonyl (C=O) groups is 1. The summed E-state index contributed by atoms with van der Waals surface area (Å²) in [5.41, 5.74) is 2.89. The van der Waals surface area contributed by atoms with E-state index in [1.807, 2.05) is 40.0 Å². The molecule has 7 heteroatoms. The van der Waals surface area contributed by atoms with Gasteiger partial charge in [0.2, 0.25) is 0 Å². The number of aromatic nitrogens is 3. The van der Waals surface area contributed by atoms with E-state index in [1.165, 1.54) is 5.56 Å². The van der Waals surface area contributed by atoms with Crippen LogP contribution in [0.5, 0.6) is 0 Å². The van der Waals surface area contributed by atoms with Gasteiger partial charge in [0.15, 0.2) is 5.16 Å². The van der Waals surface area contributed by atoms with Crippen molar-refractivity contribution in [3.05, 3.63) is 72.3 Å². The number of nitrogens with one attached hydrogen (secondary N) is 2. The Labute approximate surface area is 189 Å². The number of imidazole rings is 1. The Morgan fingerprint density at radius 1 is 1.06 bits per heavy atom. The third-order valence-corrected chi connectivity index (χ3v) is 5.81. The van der Waals surface area contributed by atoms with Gasteiger partial charge in [-0.3, -0.25) is 4.98 Å². The number of amides is 2. The lowest BCUT2D eigenvalue weighted by Crippen LogP contribution is -2.31. The molecule has 1 aliphatic heterocycles. The summed E-state index contributed by atoms with van der Waals surface area (Å²) in [7, 11) is 0. The molecule has 4 rings (SSSR count). The average molecular weight is 440 g/mol. The van der Waals surface area contributed by atoms with Crippen molar-refractivity contribution in [2.24, 2.45) is 0 Å². The highest BCUT2D eigenvalue weighted by atomic mass is 32.2. The molecule has 166 valence electrons. The highest BCUT2D eigenvalue weighted by Gasteiger charge is 2.42. The monoisotopic (exact) mass is 439 g/mol. The number of anilines is 1. The fourth-order valence-corrected chi connectivity index (χ4v) is 4.68. The van der Waals surface area contributed by atoms with Crippen LogP contribution in [-0.2, 0) is 6.54 Å². The van der Waals surface area contributed by atoms with E-state index in [4.69, 9.17) is 0 Å². The molecule has 0 radical (unpaired) electrons. The standard InChI is InChI=1S/C20H21N5OS.2C2H6/c1-20(2)17(14-7-4-3-5-8-14)25-16(13-23-19(25)27-20)12-22-18(26)24-15-9-6-10-21-11-15;2*1-2/h3-11,13,17H,12H2,1-2H3,(H2,22,24,26);2*1-2H3. The Morgan fingerprint density at radius 2 is 1.77 bits per heavy atom. The first kappa shape index (κ1) is 24.5. The van der Waals surface area contributed by atoms with Crippen LogP contribution in [0.15, 0.2) is 66.2 Å². The predicted molar refractivity (Wildman–Crippen MR) is 130 cm³/mol. The summed E-state index contributed by atoms with van der Waals surface area (Å²) in [4.78, 5) is 20.8. The lowest BCUT2D eigenvalue weighted by Gasteiger charge is -2.28. The first-order valence-corrected chi connectivity index (χ1v) is 11.6. The van der Waals surface area contributed by atoms with E-state index in [-0.39, 0.29) is 16.8 Å². The largest absolute Gasteiger partial charge is 0.332 e. The minimum absolute atomic E-state index is 0.0162. The summed E-state index contributed by atoms with van der Waals surface area (Å²) in [6.45, 7) is 12.9. The Bertz CT molecular complexity index is 941. The van der Waals surface area contributed by atoms with Crippen LogP contribution in [0, 0.1) is 0 Å². The van der Waals surface area contributed by atoms with Crippen molar-refractivity contribution in [1.82, 2.24) is 19.9 Å². The Morgan fingerprint density at radius 3 is 2.42 bits per heavy atom. The van der Waals surface area contributed by atoms with E-state index in [1.54, 1.807) is 36.3 Å². The molecule has 3 aromatic rings. The second kappa shape index (κ2) is 11.6. The maximum absolute atomic E-state index is 12.2. The normalized spacial score (nSPS) is 15.5. The highest BCUT2D eigenvalue weighted by molar-refractivity contribution is 8.00. The molecule has 0 saturated carbocycles. The van der Waals surface area contributed by atoms with E-state index < -0.39 is 0 Å². The summed E-state index contributed by atoms with van der Waals surface area (Å²) in [5, 5.41) is 6.68. The predicted octanol–water partition coefficient (Wildman–Crippen LogP) is 6.13. The smallest absolute Gasteiger partial charge is 0.319 e. The highest BCUT2D eigenvalue weighted by Crippen LogP contribution is 2.51. The molecule has 2 amide bonds. The quantitative estimate of drug-likeness (QED) is 0.513. The van der Waals surface area contributed by atoms with Crippen molar-refractivity contribution < 1.29 is 4.79 Å². The average Bonchev–Trinajstić information content (AvgIpc) is 3.30. The molecule has 0 saturated heterocycles. The zero-order valence-electron chi connectivity index (χ0n) is 19.2. The fourth-order valence-electron chi connectivity index (χ4n) is 3.43. The van der Waals surface area contributed by atoms with Crippen molar-refractivity contribution in [2.75, 3.05) is 5.32 Å². The van der Waals surface area contributed by atoms with Crippen molar-refractivity contribution >= 4 is 23.5 Å². The summed E-state index contributed by atoms with van der Waals surface area (Å²) in [6, 6.07) is 13.9. The minimum atomic E-state index is -0.264. The van der Waals surface area contributed by atoms with Crippen molar-refractivity contribution in [2.45, 2.75) is 64.0 Å². The van der Waals surface area contributed by atoms with Gasteiger partial charge in [-0.1, -0.05) is 69.8 Å². The van der Waals surface area contributed by atoms with Crippen LogP contribution in [0.2, 0.25) is 0 Å². The molecule has 2 aromatic heterocycles. The van der Waals surface area contributed by atoms with Crippen LogP contribution < -0.4 is 10.6 Å². The van der Waals surface area contributed by atoms with Gasteiger partial charge in [-0.25, -0.2) is 9.78 Å². The van der Waals surface area contributed by atoms with E-state index >= 15 is 0 Å². The summed E-state index contributed by atoms with van der Waals surface area (Å²) in [5.74, 6) is 0. The van der Waals surface area contributed by atoms with Gasteiger partial charge in [-0.05, 0) is 31.5 Å². The molecule has 6 nitrogen and oxygen atoms in total. The van der Waals surface area contributed by atoms with E-state index in [9.17, 15) is 4.79 Å². The molecular formula is C24H33N5OS. The SMILES string of the molecule is CC.CC.CC1(C)Sc2ncc(CNC(=O)Nc3cccnc3)n2C1c1ccccc1. The first-order chi connectivity index (χ1) is 15.0. The second-order valence-electron chi connectivity index (χ2n) is 6.97. The number of hydrogen-bond donors (Lipinski definition) is 2. The number of hydrogen-bond acceptors (Lipinski definition) is 4. The van der Waals surface area contributed by atoms with Crippen LogP contribution in [0.4, 0.5) is 10.5 Å². The second-order valence-corrected chi connectivity index (χ2v) is 8.59. The van der Waals surface area contributed by atoms with Crippen LogP contribution in [0.3, 0.4) is 0 Å². The van der Waals surface area contributed by atoms with Gasteiger partial charge in [-0.15, -0.1) is 0 Å². The fraction of sp³-hybridized carbons (Fsp3) is 0.375. The molecule has 1 aliphatic rings. The number of fused-ring (bicyclic) bond motifs is 1. The zero-order chi connectivity index (χ0) is 22.9. The molecule has 0 spiro atoms. The van der Waals surface area contributed by atoms with Crippen LogP contribution in [0.25, 0.3) is 0 Å².